The van der Waals surface area contributed by atoms with Crippen molar-refractivity contribution in [2.45, 2.75) is 51.6 Å². The van der Waals surface area contributed by atoms with Crippen LogP contribution in [-0.4, -0.2) is 86.5 Å². The van der Waals surface area contributed by atoms with Crippen LogP contribution < -0.4 is 10.6 Å². The van der Waals surface area contributed by atoms with E-state index in [0.29, 0.717) is 6.42 Å². The Morgan fingerprint density at radius 3 is 1.72 bits per heavy atom. The fourth-order valence-corrected chi connectivity index (χ4v) is 3.52. The Morgan fingerprint density at radius 2 is 1.28 bits per heavy atom. The molecule has 0 spiro atoms. The Morgan fingerprint density at radius 1 is 0.812 bits per heavy atom. The van der Waals surface area contributed by atoms with Gasteiger partial charge in [-0.15, -0.1) is 0 Å². The zero-order valence-electron chi connectivity index (χ0n) is 17.6. The second kappa shape index (κ2) is 14.0. The van der Waals surface area contributed by atoms with Crippen LogP contribution in [0.1, 0.15) is 39.5 Å². The van der Waals surface area contributed by atoms with Gasteiger partial charge >= 0.3 is 11.9 Å². The van der Waals surface area contributed by atoms with Crippen molar-refractivity contribution in [3.63, 3.8) is 0 Å². The van der Waals surface area contributed by atoms with E-state index in [9.17, 15) is 36.0 Å². The van der Waals surface area contributed by atoms with Crippen molar-refractivity contribution in [1.82, 2.24) is 10.6 Å². The monoisotopic (exact) mass is 504 g/mol. The highest BCUT2D eigenvalue weighted by Gasteiger charge is 2.28. The normalized spacial score (nSPS) is 13.5. The number of nitrogens with one attached hydrogen (secondary N) is 2. The van der Waals surface area contributed by atoms with Gasteiger partial charge in [0.25, 0.3) is 20.2 Å². The molecule has 0 aliphatic heterocycles. The number of hydrogen-bond donors (Lipinski definition) is 4. The van der Waals surface area contributed by atoms with Crippen LogP contribution in [0, 0.1) is 0 Å². The lowest BCUT2D eigenvalue weighted by Crippen LogP contribution is -2.46. The third kappa shape index (κ3) is 15.5. The summed E-state index contributed by atoms with van der Waals surface area (Å²) in [6.07, 6.45) is 0.524. The van der Waals surface area contributed by atoms with Crippen LogP contribution in [0.2, 0.25) is 0 Å². The second-order valence-corrected chi connectivity index (χ2v) is 9.66. The largest absolute Gasteiger partial charge is 0.464 e. The maximum atomic E-state index is 12.0. The molecule has 2 atom stereocenters. The summed E-state index contributed by atoms with van der Waals surface area (Å²) in [4.78, 5) is 46.7. The number of esters is 2. The maximum absolute atomic E-state index is 12.0. The Balaban J connectivity index is 4.57. The van der Waals surface area contributed by atoms with Gasteiger partial charge in [0, 0.05) is 13.3 Å². The van der Waals surface area contributed by atoms with E-state index in [1.807, 2.05) is 5.32 Å². The molecule has 32 heavy (non-hydrogen) atoms. The number of carbonyl (C=O) groups excluding carboxylic acids is 4. The predicted octanol–water partition coefficient (Wildman–Crippen LogP) is -1.58. The topological polar surface area (TPSA) is 220 Å². The van der Waals surface area contributed by atoms with E-state index in [1.165, 1.54) is 0 Å². The molecule has 0 radical (unpaired) electrons. The molecular formula is C16H28N2O12S2. The highest BCUT2D eigenvalue weighted by Crippen LogP contribution is 2.02. The van der Waals surface area contributed by atoms with Crippen LogP contribution >= 0.6 is 0 Å². The van der Waals surface area contributed by atoms with Crippen LogP contribution in [-0.2, 0) is 48.9 Å². The minimum atomic E-state index is -4.57. The zero-order chi connectivity index (χ0) is 24.9. The average molecular weight is 505 g/mol. The van der Waals surface area contributed by atoms with Crippen molar-refractivity contribution < 1.29 is 54.6 Å². The van der Waals surface area contributed by atoms with Gasteiger partial charge in [-0.2, -0.15) is 16.8 Å². The SMILES string of the molecule is CCCOC(=O)[C@H](CS(=O)(=O)O)NC(=O)CCCCOC(=O)C(CS(=O)(=O)O)NC(C)=O. The zero-order valence-corrected chi connectivity index (χ0v) is 19.2. The standard InChI is InChI=1S/C16H28N2O12S2/c1-3-7-29-16(22)13(10-32(26,27)28)18-14(20)6-4-5-8-30-15(21)12(17-11(2)19)9-31(23,24)25/h12-13H,3-10H2,1-2H3,(H,17,19)(H,18,20)(H,23,24,25)(H,26,27,28)/t12?,13-/m0/s1. The maximum Gasteiger partial charge on any atom is 0.329 e. The van der Waals surface area contributed by atoms with E-state index in [1.54, 1.807) is 6.92 Å². The van der Waals surface area contributed by atoms with E-state index >= 15 is 0 Å². The Bertz CT molecular complexity index is 869. The molecule has 1 unspecified atom stereocenters. The van der Waals surface area contributed by atoms with Crippen molar-refractivity contribution in [3.8, 4) is 0 Å². The van der Waals surface area contributed by atoms with Crippen LogP contribution in [0.3, 0.4) is 0 Å². The first kappa shape index (κ1) is 29.7. The van der Waals surface area contributed by atoms with Gasteiger partial charge in [0.05, 0.1) is 13.2 Å². The fourth-order valence-electron chi connectivity index (χ4n) is 2.23. The molecule has 14 nitrogen and oxygen atoms in total. The molecule has 0 rings (SSSR count). The van der Waals surface area contributed by atoms with Gasteiger partial charge in [-0.3, -0.25) is 18.7 Å². The number of ether oxygens (including phenoxy) is 2. The van der Waals surface area contributed by atoms with Gasteiger partial charge in [-0.05, 0) is 19.3 Å². The van der Waals surface area contributed by atoms with Gasteiger partial charge in [0.1, 0.15) is 23.6 Å². The molecule has 0 bridgehead atoms. The third-order valence-electron chi connectivity index (χ3n) is 3.53. The molecule has 0 aromatic carbocycles. The van der Waals surface area contributed by atoms with Crippen LogP contribution in [0.25, 0.3) is 0 Å². The number of hydrogen-bond acceptors (Lipinski definition) is 10. The van der Waals surface area contributed by atoms with Crippen LogP contribution in [0.5, 0.6) is 0 Å². The molecule has 0 saturated carbocycles. The summed E-state index contributed by atoms with van der Waals surface area (Å²) < 4.78 is 71.3. The Kier molecular flexibility index (Phi) is 13.0. The molecule has 0 saturated heterocycles. The van der Waals surface area contributed by atoms with E-state index < -0.39 is 67.6 Å². The summed E-state index contributed by atoms with van der Waals surface area (Å²) >= 11 is 0. The van der Waals surface area contributed by atoms with Gasteiger partial charge in [-0.25, -0.2) is 9.59 Å². The van der Waals surface area contributed by atoms with E-state index in [-0.39, 0.29) is 32.5 Å². The minimum Gasteiger partial charge on any atom is -0.464 e. The molecule has 186 valence electrons. The summed E-state index contributed by atoms with van der Waals surface area (Å²) in [6.45, 7) is 2.49. The highest BCUT2D eigenvalue weighted by molar-refractivity contribution is 7.86. The molecule has 4 N–H and O–H groups in total. The summed E-state index contributed by atoms with van der Waals surface area (Å²) in [5.41, 5.74) is 0. The van der Waals surface area contributed by atoms with Gasteiger partial charge < -0.3 is 20.1 Å². The number of rotatable bonds is 15. The van der Waals surface area contributed by atoms with Crippen molar-refractivity contribution in [3.05, 3.63) is 0 Å². The van der Waals surface area contributed by atoms with Crippen LogP contribution in [0.15, 0.2) is 0 Å². The molecule has 0 heterocycles. The van der Waals surface area contributed by atoms with Crippen molar-refractivity contribution in [2.75, 3.05) is 24.7 Å². The first-order valence-corrected chi connectivity index (χ1v) is 12.7. The Labute approximate surface area is 185 Å². The highest BCUT2D eigenvalue weighted by atomic mass is 32.2. The summed E-state index contributed by atoms with van der Waals surface area (Å²) in [7, 11) is -9.14. The lowest BCUT2D eigenvalue weighted by Gasteiger charge is -2.16. The number of amides is 2. The van der Waals surface area contributed by atoms with E-state index in [4.69, 9.17) is 18.6 Å². The minimum absolute atomic E-state index is 0.000884. The van der Waals surface area contributed by atoms with Gasteiger partial charge in [-0.1, -0.05) is 6.92 Å². The molecular weight excluding hydrogens is 476 g/mol. The molecule has 0 aliphatic carbocycles. The third-order valence-corrected chi connectivity index (χ3v) is 5.04. The first-order valence-electron chi connectivity index (χ1n) is 9.44. The molecule has 2 amide bonds. The van der Waals surface area contributed by atoms with Crippen molar-refractivity contribution in [1.29, 1.82) is 0 Å². The first-order chi connectivity index (χ1) is 14.6. The lowest BCUT2D eigenvalue weighted by molar-refractivity contribution is -0.148. The van der Waals surface area contributed by atoms with Gasteiger partial charge in [0.2, 0.25) is 11.8 Å². The number of unbranched alkanes of at least 4 members (excludes halogenated alkanes) is 1. The fraction of sp³-hybridized carbons (Fsp3) is 0.750. The van der Waals surface area contributed by atoms with E-state index in [2.05, 4.69) is 5.32 Å². The summed E-state index contributed by atoms with van der Waals surface area (Å²) in [5.74, 6) is -5.69. The summed E-state index contributed by atoms with van der Waals surface area (Å²) in [5, 5.41) is 4.18. The molecule has 0 fully saturated rings. The molecule has 0 aliphatic rings. The average Bonchev–Trinajstić information content (AvgIpc) is 2.61. The lowest BCUT2D eigenvalue weighted by atomic mass is 10.2. The molecule has 0 aromatic rings. The smallest absolute Gasteiger partial charge is 0.329 e. The van der Waals surface area contributed by atoms with Crippen molar-refractivity contribution in [2.24, 2.45) is 0 Å². The number of carbonyl (C=O) groups is 4. The van der Waals surface area contributed by atoms with Crippen molar-refractivity contribution >= 4 is 44.0 Å². The van der Waals surface area contributed by atoms with Gasteiger partial charge in [0.15, 0.2) is 0 Å². The second-order valence-electron chi connectivity index (χ2n) is 6.66. The Hall–Kier alpha value is -2.30. The molecule has 16 heteroatoms. The van der Waals surface area contributed by atoms with E-state index in [0.717, 1.165) is 6.92 Å². The predicted molar refractivity (Wildman–Crippen MR) is 108 cm³/mol. The summed E-state index contributed by atoms with van der Waals surface area (Å²) in [6, 6.07) is -3.21. The quantitative estimate of drug-likeness (QED) is 0.113. The van der Waals surface area contributed by atoms with Crippen LogP contribution in [0.4, 0.5) is 0 Å². The molecule has 0 aromatic heterocycles.